The van der Waals surface area contributed by atoms with Gasteiger partial charge in [-0.1, -0.05) is 68.5 Å². The van der Waals surface area contributed by atoms with E-state index in [0.717, 1.165) is 30.0 Å². The molecule has 0 saturated carbocycles. The van der Waals surface area contributed by atoms with E-state index < -0.39 is 41.1 Å². The van der Waals surface area contributed by atoms with Crippen molar-refractivity contribution in [2.75, 3.05) is 24.7 Å². The molecule has 1 N–H and O–H groups in total. The summed E-state index contributed by atoms with van der Waals surface area (Å²) in [5.74, 6) is -3.21. The maximum absolute atomic E-state index is 14.7. The third-order valence-electron chi connectivity index (χ3n) is 9.30. The summed E-state index contributed by atoms with van der Waals surface area (Å²) in [5, 5.41) is 12.5. The van der Waals surface area contributed by atoms with E-state index in [9.17, 15) is 19.5 Å². The summed E-state index contributed by atoms with van der Waals surface area (Å²) in [4.78, 5) is 46.1. The zero-order chi connectivity index (χ0) is 28.9. The first kappa shape index (κ1) is 27.7. The number of fused-ring (bicyclic) bond motifs is 3. The fourth-order valence-electron chi connectivity index (χ4n) is 7.29. The van der Waals surface area contributed by atoms with Gasteiger partial charge < -0.3 is 24.4 Å². The number of esters is 1. The number of cyclic esters (lactones) is 1. The number of benzene rings is 2. The smallest absolute Gasteiger partial charge is 0.313 e. The topological polar surface area (TPSA) is 96.4 Å². The van der Waals surface area contributed by atoms with Gasteiger partial charge in [-0.25, -0.2) is 0 Å². The van der Waals surface area contributed by atoms with Gasteiger partial charge >= 0.3 is 5.97 Å². The minimum absolute atomic E-state index is 0.142. The minimum Gasteiger partial charge on any atom is -0.465 e. The lowest BCUT2D eigenvalue weighted by atomic mass is 9.74. The number of rotatable bonds is 4. The highest BCUT2D eigenvalue weighted by molar-refractivity contribution is 6.06. The Morgan fingerprint density at radius 3 is 2.51 bits per heavy atom. The molecular formula is C33H38N2O6. The molecule has 0 bridgehead atoms. The van der Waals surface area contributed by atoms with E-state index in [1.165, 1.54) is 4.90 Å². The van der Waals surface area contributed by atoms with Gasteiger partial charge in [-0.05, 0) is 55.0 Å². The molecule has 8 nitrogen and oxygen atoms in total. The summed E-state index contributed by atoms with van der Waals surface area (Å²) in [6, 6.07) is 12.1. The van der Waals surface area contributed by atoms with Crippen LogP contribution in [0.25, 0.3) is 10.8 Å². The molecule has 216 valence electrons. The van der Waals surface area contributed by atoms with Crippen molar-refractivity contribution >= 4 is 34.2 Å². The number of likely N-dealkylation sites (tertiary alicyclic amines) is 1. The Labute approximate surface area is 240 Å². The molecule has 6 rings (SSSR count). The monoisotopic (exact) mass is 558 g/mol. The van der Waals surface area contributed by atoms with Gasteiger partial charge in [-0.15, -0.1) is 0 Å². The Morgan fingerprint density at radius 1 is 0.976 bits per heavy atom. The molecule has 2 amide bonds. The molecular weight excluding hydrogens is 520 g/mol. The molecule has 2 aromatic carbocycles. The summed E-state index contributed by atoms with van der Waals surface area (Å²) in [6.45, 7) is 5.88. The Kier molecular flexibility index (Phi) is 7.02. The van der Waals surface area contributed by atoms with Crippen molar-refractivity contribution in [2.45, 2.75) is 63.3 Å². The van der Waals surface area contributed by atoms with Gasteiger partial charge in [0.25, 0.3) is 5.91 Å². The summed E-state index contributed by atoms with van der Waals surface area (Å²) < 4.78 is 12.6. The van der Waals surface area contributed by atoms with Crippen LogP contribution in [0, 0.1) is 17.8 Å². The Morgan fingerprint density at radius 2 is 1.76 bits per heavy atom. The number of hydrogen-bond acceptors (Lipinski definition) is 6. The van der Waals surface area contributed by atoms with E-state index in [1.807, 2.05) is 87.5 Å². The molecule has 0 aliphatic carbocycles. The van der Waals surface area contributed by atoms with Crippen LogP contribution >= 0.6 is 0 Å². The second-order valence-electron chi connectivity index (χ2n) is 12.2. The van der Waals surface area contributed by atoms with E-state index >= 15 is 0 Å². The molecule has 6 atom stereocenters. The van der Waals surface area contributed by atoms with Crippen LogP contribution < -0.4 is 4.90 Å². The lowest BCUT2D eigenvalue weighted by Crippen LogP contribution is -2.59. The summed E-state index contributed by atoms with van der Waals surface area (Å²) in [5.41, 5.74) is -1.84. The Bertz CT molecular complexity index is 1430. The van der Waals surface area contributed by atoms with Gasteiger partial charge in [0.1, 0.15) is 17.6 Å². The first-order chi connectivity index (χ1) is 19.7. The van der Waals surface area contributed by atoms with Crippen molar-refractivity contribution in [3.05, 3.63) is 66.8 Å². The minimum atomic E-state index is -1.40. The maximum atomic E-state index is 14.7. The largest absolute Gasteiger partial charge is 0.465 e. The van der Waals surface area contributed by atoms with Crippen LogP contribution in [0.15, 0.2) is 66.8 Å². The average Bonchev–Trinajstić information content (AvgIpc) is 3.28. The van der Waals surface area contributed by atoms with Gasteiger partial charge in [0, 0.05) is 12.2 Å². The molecule has 41 heavy (non-hydrogen) atoms. The molecule has 4 aliphatic heterocycles. The average molecular weight is 559 g/mol. The number of carbonyl (C=O) groups is 3. The third kappa shape index (κ3) is 4.30. The molecule has 0 aromatic heterocycles. The van der Waals surface area contributed by atoms with E-state index in [0.29, 0.717) is 5.69 Å². The molecule has 4 heterocycles. The first-order valence-corrected chi connectivity index (χ1v) is 14.7. The van der Waals surface area contributed by atoms with E-state index in [-0.39, 0.29) is 37.5 Å². The van der Waals surface area contributed by atoms with E-state index in [2.05, 4.69) is 0 Å². The molecule has 2 saturated heterocycles. The van der Waals surface area contributed by atoms with E-state index in [4.69, 9.17) is 9.47 Å². The summed E-state index contributed by atoms with van der Waals surface area (Å²) >= 11 is 0. The number of nitrogens with zero attached hydrogens (tertiary/aromatic N) is 2. The van der Waals surface area contributed by atoms with Crippen molar-refractivity contribution in [1.82, 2.24) is 4.90 Å². The predicted molar refractivity (Wildman–Crippen MR) is 155 cm³/mol. The number of amides is 2. The fraction of sp³-hybridized carbons (Fsp3) is 0.485. The highest BCUT2D eigenvalue weighted by Gasteiger charge is 2.75. The van der Waals surface area contributed by atoms with Gasteiger partial charge in [-0.3, -0.25) is 14.4 Å². The van der Waals surface area contributed by atoms with Crippen molar-refractivity contribution in [1.29, 1.82) is 0 Å². The van der Waals surface area contributed by atoms with Gasteiger partial charge in [0.15, 0.2) is 0 Å². The second kappa shape index (κ2) is 10.4. The molecule has 8 heteroatoms. The Balaban J connectivity index is 1.51. The first-order valence-electron chi connectivity index (χ1n) is 14.7. The summed E-state index contributed by atoms with van der Waals surface area (Å²) in [6.07, 6.45) is 9.99. The molecule has 2 aromatic rings. The van der Waals surface area contributed by atoms with Crippen molar-refractivity contribution in [3.63, 3.8) is 0 Å². The van der Waals surface area contributed by atoms with Crippen LogP contribution in [-0.4, -0.2) is 70.8 Å². The second-order valence-corrected chi connectivity index (χ2v) is 12.2. The van der Waals surface area contributed by atoms with Gasteiger partial charge in [0.05, 0.1) is 30.8 Å². The van der Waals surface area contributed by atoms with E-state index in [1.54, 1.807) is 4.90 Å². The number of hydrogen-bond donors (Lipinski definition) is 1. The highest BCUT2D eigenvalue weighted by Crippen LogP contribution is 2.57. The van der Waals surface area contributed by atoms with Crippen LogP contribution in [0.2, 0.25) is 0 Å². The number of carbonyl (C=O) groups excluding carboxylic acids is 3. The maximum Gasteiger partial charge on any atom is 0.313 e. The van der Waals surface area contributed by atoms with Crippen molar-refractivity contribution in [3.8, 4) is 0 Å². The molecule has 0 radical (unpaired) electrons. The number of anilines is 1. The van der Waals surface area contributed by atoms with Crippen LogP contribution in [0.3, 0.4) is 0 Å². The SMILES string of the molecule is CC(C)[C@H](CO)N1C(=O)[C@@H]2[C@H]3C(=O)OCCCC/C=C\[C@@]3(C)O[C@@]23C=CCN(c2ccc4ccccc4c2)C(=O)C13. The summed E-state index contributed by atoms with van der Waals surface area (Å²) in [7, 11) is 0. The third-order valence-corrected chi connectivity index (χ3v) is 9.30. The number of aliphatic hydroxyl groups excluding tert-OH is 1. The highest BCUT2D eigenvalue weighted by atomic mass is 16.6. The number of ether oxygens (including phenoxy) is 2. The predicted octanol–water partition coefficient (Wildman–Crippen LogP) is 4.01. The van der Waals surface area contributed by atoms with Crippen molar-refractivity contribution < 1.29 is 29.0 Å². The fourth-order valence-corrected chi connectivity index (χ4v) is 7.29. The molecule has 2 fully saturated rings. The lowest BCUT2D eigenvalue weighted by molar-refractivity contribution is -0.160. The van der Waals surface area contributed by atoms with Crippen LogP contribution in [0.4, 0.5) is 5.69 Å². The van der Waals surface area contributed by atoms with Gasteiger partial charge in [-0.2, -0.15) is 0 Å². The standard InChI is InChI=1S/C33H38N2O6/c1-21(2)25(20-36)35-28-30(38)34(24-14-13-22-11-6-7-12-23(22)19-24)17-10-16-33(28)26(29(35)37)27-31(39)40-18-9-5-4-8-15-32(27,3)41-33/h6-8,10-16,19,21,25-28,36H,4-5,9,17-18,20H2,1-3H3/b15-8-/t25-,26-,27-,28?,32+,33-/m0/s1. The van der Waals surface area contributed by atoms with Crippen LogP contribution in [0.5, 0.6) is 0 Å². The zero-order valence-electron chi connectivity index (χ0n) is 23.9. The molecule has 1 spiro atoms. The lowest BCUT2D eigenvalue weighted by Gasteiger charge is -2.41. The zero-order valence-corrected chi connectivity index (χ0v) is 23.9. The number of allylic oxidation sites excluding steroid dienone is 1. The normalized spacial score (nSPS) is 33.3. The van der Waals surface area contributed by atoms with Gasteiger partial charge in [0.2, 0.25) is 5.91 Å². The number of aliphatic hydroxyl groups is 1. The molecule has 1 unspecified atom stereocenters. The van der Waals surface area contributed by atoms with Crippen LogP contribution in [0.1, 0.15) is 40.0 Å². The molecule has 4 aliphatic rings. The Hall–Kier alpha value is -3.49. The van der Waals surface area contributed by atoms with Crippen molar-refractivity contribution in [2.24, 2.45) is 17.8 Å². The van der Waals surface area contributed by atoms with Crippen LogP contribution in [-0.2, 0) is 23.9 Å². The quantitative estimate of drug-likeness (QED) is 0.450.